The molecular weight excluding hydrogens is 168 g/mol. The highest BCUT2D eigenvalue weighted by atomic mass is 16.3. The highest BCUT2D eigenvalue weighted by molar-refractivity contribution is 4.86. The van der Waals surface area contributed by atoms with Gasteiger partial charge in [-0.3, -0.25) is 0 Å². The van der Waals surface area contributed by atoms with E-state index in [1.807, 2.05) is 25.5 Å². The molecule has 0 unspecified atom stereocenters. The minimum absolute atomic E-state index is 0.102. The highest BCUT2D eigenvalue weighted by Gasteiger charge is 2.15. The van der Waals surface area contributed by atoms with Gasteiger partial charge in [-0.05, 0) is 13.8 Å². The number of aromatic nitrogens is 3. The third-order valence-corrected chi connectivity index (χ3v) is 1.93. The van der Waals surface area contributed by atoms with Crippen LogP contribution in [0.5, 0.6) is 0 Å². The molecule has 0 aliphatic heterocycles. The number of hydrogen-bond donors (Lipinski definition) is 2. The smallest absolute Gasteiger partial charge is 0.146 e. The van der Waals surface area contributed by atoms with Gasteiger partial charge in [-0.25, -0.2) is 0 Å². The molecule has 1 aromatic heterocycles. The lowest BCUT2D eigenvalue weighted by molar-refractivity contribution is 0.186. The van der Waals surface area contributed by atoms with Gasteiger partial charge in [0.1, 0.15) is 12.2 Å². The lowest BCUT2D eigenvalue weighted by Gasteiger charge is -2.22. The van der Waals surface area contributed by atoms with Crippen LogP contribution in [0.25, 0.3) is 0 Å². The third-order valence-electron chi connectivity index (χ3n) is 1.93. The van der Waals surface area contributed by atoms with E-state index in [0.29, 0.717) is 6.54 Å². The Balaban J connectivity index is 2.48. The number of aryl methyl sites for hydroxylation is 1. The molecule has 0 spiro atoms. The molecule has 1 aromatic rings. The fourth-order valence-electron chi connectivity index (χ4n) is 0.841. The molecule has 0 radical (unpaired) electrons. The van der Waals surface area contributed by atoms with Gasteiger partial charge in [0.05, 0.1) is 13.2 Å². The largest absolute Gasteiger partial charge is 0.394 e. The lowest BCUT2D eigenvalue weighted by Crippen LogP contribution is -2.42. The number of nitrogens with one attached hydrogen (secondary N) is 1. The molecule has 0 amide bonds. The van der Waals surface area contributed by atoms with Crippen molar-refractivity contribution in [2.75, 3.05) is 6.61 Å². The number of aliphatic hydroxyl groups is 1. The van der Waals surface area contributed by atoms with Crippen molar-refractivity contribution >= 4 is 0 Å². The third kappa shape index (κ3) is 2.78. The summed E-state index contributed by atoms with van der Waals surface area (Å²) in [6.45, 7) is 4.58. The van der Waals surface area contributed by atoms with E-state index in [9.17, 15) is 0 Å². The van der Waals surface area contributed by atoms with E-state index in [-0.39, 0.29) is 12.1 Å². The van der Waals surface area contributed by atoms with Crippen molar-refractivity contribution in [3.8, 4) is 0 Å². The Morgan fingerprint density at radius 3 is 2.77 bits per heavy atom. The topological polar surface area (TPSA) is 63.0 Å². The van der Waals surface area contributed by atoms with Crippen LogP contribution in [0, 0.1) is 0 Å². The van der Waals surface area contributed by atoms with Crippen molar-refractivity contribution in [1.82, 2.24) is 20.1 Å². The van der Waals surface area contributed by atoms with Gasteiger partial charge < -0.3 is 15.0 Å². The van der Waals surface area contributed by atoms with Gasteiger partial charge in [0.15, 0.2) is 0 Å². The Labute approximate surface area is 77.8 Å². The molecule has 0 aliphatic rings. The molecule has 5 heteroatoms. The summed E-state index contributed by atoms with van der Waals surface area (Å²) in [5, 5.41) is 19.8. The Morgan fingerprint density at radius 2 is 2.31 bits per heavy atom. The normalized spacial score (nSPS) is 12.0. The van der Waals surface area contributed by atoms with Crippen LogP contribution < -0.4 is 5.32 Å². The summed E-state index contributed by atoms with van der Waals surface area (Å²) in [5.41, 5.74) is -0.272. The first kappa shape index (κ1) is 10.1. The maximum atomic E-state index is 8.99. The second-order valence-corrected chi connectivity index (χ2v) is 3.75. The Kier molecular flexibility index (Phi) is 3.00. The summed E-state index contributed by atoms with van der Waals surface area (Å²) >= 11 is 0. The van der Waals surface area contributed by atoms with Crippen LogP contribution in [0.1, 0.15) is 19.7 Å². The fraction of sp³-hybridized carbons (Fsp3) is 0.750. The van der Waals surface area contributed by atoms with Crippen molar-refractivity contribution in [2.24, 2.45) is 7.05 Å². The average Bonchev–Trinajstić information content (AvgIpc) is 2.48. The Bertz CT molecular complexity index is 269. The average molecular weight is 184 g/mol. The second-order valence-electron chi connectivity index (χ2n) is 3.75. The molecular formula is C8H16N4O. The standard InChI is InChI=1S/C8H16N4O/c1-8(2,5-13)9-4-7-11-10-6-12(7)3/h6,9,13H,4-5H2,1-3H3. The first-order chi connectivity index (χ1) is 6.05. The molecule has 1 heterocycles. The minimum Gasteiger partial charge on any atom is -0.394 e. The summed E-state index contributed by atoms with van der Waals surface area (Å²) < 4.78 is 1.85. The summed E-state index contributed by atoms with van der Waals surface area (Å²) in [7, 11) is 1.89. The fourth-order valence-corrected chi connectivity index (χ4v) is 0.841. The van der Waals surface area contributed by atoms with Crippen LogP contribution in [0.3, 0.4) is 0 Å². The van der Waals surface area contributed by atoms with Crippen LogP contribution in [0.4, 0.5) is 0 Å². The van der Waals surface area contributed by atoms with Gasteiger partial charge in [-0.15, -0.1) is 10.2 Å². The summed E-state index contributed by atoms with van der Waals surface area (Å²) in [6, 6.07) is 0. The van der Waals surface area contributed by atoms with Gasteiger partial charge >= 0.3 is 0 Å². The van der Waals surface area contributed by atoms with E-state index in [1.165, 1.54) is 0 Å². The number of rotatable bonds is 4. The van der Waals surface area contributed by atoms with Gasteiger partial charge in [0, 0.05) is 12.6 Å². The van der Waals surface area contributed by atoms with E-state index in [4.69, 9.17) is 5.11 Å². The minimum atomic E-state index is -0.272. The van der Waals surface area contributed by atoms with E-state index < -0.39 is 0 Å². The van der Waals surface area contributed by atoms with Crippen molar-refractivity contribution in [1.29, 1.82) is 0 Å². The lowest BCUT2D eigenvalue weighted by atomic mass is 10.1. The number of nitrogens with zero attached hydrogens (tertiary/aromatic N) is 3. The van der Waals surface area contributed by atoms with Crippen LogP contribution in [-0.2, 0) is 13.6 Å². The molecule has 1 rings (SSSR count). The van der Waals surface area contributed by atoms with E-state index in [0.717, 1.165) is 5.82 Å². The molecule has 0 aromatic carbocycles. The molecule has 0 saturated heterocycles. The zero-order chi connectivity index (χ0) is 9.90. The quantitative estimate of drug-likeness (QED) is 0.673. The van der Waals surface area contributed by atoms with Gasteiger partial charge in [0.2, 0.25) is 0 Å². The molecule has 0 atom stereocenters. The van der Waals surface area contributed by atoms with E-state index in [2.05, 4.69) is 15.5 Å². The van der Waals surface area contributed by atoms with Crippen LogP contribution in [0.15, 0.2) is 6.33 Å². The van der Waals surface area contributed by atoms with Gasteiger partial charge in [0.25, 0.3) is 0 Å². The number of hydrogen-bond acceptors (Lipinski definition) is 4. The molecule has 0 fully saturated rings. The zero-order valence-corrected chi connectivity index (χ0v) is 8.28. The van der Waals surface area contributed by atoms with Crippen molar-refractivity contribution in [3.05, 3.63) is 12.2 Å². The van der Waals surface area contributed by atoms with Gasteiger partial charge in [-0.1, -0.05) is 0 Å². The molecule has 74 valence electrons. The molecule has 2 N–H and O–H groups in total. The van der Waals surface area contributed by atoms with Crippen LogP contribution >= 0.6 is 0 Å². The van der Waals surface area contributed by atoms with Crippen LogP contribution in [-0.4, -0.2) is 32.0 Å². The zero-order valence-electron chi connectivity index (χ0n) is 8.28. The molecule has 0 aliphatic carbocycles. The summed E-state index contributed by atoms with van der Waals surface area (Å²) in [5.74, 6) is 0.863. The van der Waals surface area contributed by atoms with E-state index >= 15 is 0 Å². The maximum absolute atomic E-state index is 8.99. The first-order valence-corrected chi connectivity index (χ1v) is 4.24. The monoisotopic (exact) mass is 184 g/mol. The highest BCUT2D eigenvalue weighted by Crippen LogP contribution is 2.01. The molecule has 0 saturated carbocycles. The first-order valence-electron chi connectivity index (χ1n) is 4.24. The predicted octanol–water partition coefficient (Wildman–Crippen LogP) is -0.324. The van der Waals surface area contributed by atoms with Crippen molar-refractivity contribution < 1.29 is 5.11 Å². The number of aliphatic hydroxyl groups excluding tert-OH is 1. The Hall–Kier alpha value is -0.940. The van der Waals surface area contributed by atoms with Crippen molar-refractivity contribution in [3.63, 3.8) is 0 Å². The molecule has 0 bridgehead atoms. The maximum Gasteiger partial charge on any atom is 0.146 e. The van der Waals surface area contributed by atoms with Crippen LogP contribution in [0.2, 0.25) is 0 Å². The second kappa shape index (κ2) is 3.85. The molecule has 5 nitrogen and oxygen atoms in total. The molecule has 13 heavy (non-hydrogen) atoms. The van der Waals surface area contributed by atoms with Gasteiger partial charge in [-0.2, -0.15) is 0 Å². The summed E-state index contributed by atoms with van der Waals surface area (Å²) in [6.07, 6.45) is 1.66. The van der Waals surface area contributed by atoms with E-state index in [1.54, 1.807) is 6.33 Å². The predicted molar refractivity (Wildman–Crippen MR) is 49.0 cm³/mol. The summed E-state index contributed by atoms with van der Waals surface area (Å²) in [4.78, 5) is 0. The van der Waals surface area contributed by atoms with Crippen molar-refractivity contribution in [2.45, 2.75) is 25.9 Å². The Morgan fingerprint density at radius 1 is 1.62 bits per heavy atom. The SMILES string of the molecule is Cn1cnnc1CNC(C)(C)CO.